The first-order valence-electron chi connectivity index (χ1n) is 6.44. The molecule has 0 amide bonds. The van der Waals surface area contributed by atoms with Crippen molar-refractivity contribution in [1.82, 2.24) is 19.4 Å². The van der Waals surface area contributed by atoms with Crippen molar-refractivity contribution < 1.29 is 13.5 Å². The first kappa shape index (κ1) is 15.2. The predicted octanol–water partition coefficient (Wildman–Crippen LogP) is -0.931. The highest BCUT2D eigenvalue weighted by Gasteiger charge is 2.32. The van der Waals surface area contributed by atoms with Gasteiger partial charge in [0.25, 0.3) is 0 Å². The van der Waals surface area contributed by atoms with Crippen molar-refractivity contribution in [2.75, 3.05) is 38.5 Å². The molecule has 0 atom stereocenters. The number of rotatable bonds is 4. The van der Waals surface area contributed by atoms with Crippen molar-refractivity contribution in [3.63, 3.8) is 0 Å². The Morgan fingerprint density at radius 2 is 2.00 bits per heavy atom. The van der Waals surface area contributed by atoms with E-state index in [9.17, 15) is 13.5 Å². The zero-order chi connectivity index (χ0) is 15.0. The van der Waals surface area contributed by atoms with Crippen LogP contribution in [-0.2, 0) is 10.0 Å². The standard InChI is InChI=1S/C11H21N5O3S/c1-11(2,17)8-15-3-5-16(6-4-15)20(18,19)9-7-13-14-10(9)12/h7,17H,3-6,8H2,1-2H3,(H3,12,13,14). The number of hydrogen-bond donors (Lipinski definition) is 3. The van der Waals surface area contributed by atoms with Crippen molar-refractivity contribution >= 4 is 15.8 Å². The molecule has 1 aliphatic rings. The Labute approximate surface area is 118 Å². The van der Waals surface area contributed by atoms with E-state index in [1.54, 1.807) is 13.8 Å². The molecule has 1 aromatic rings. The molecule has 9 heteroatoms. The summed E-state index contributed by atoms with van der Waals surface area (Å²) in [7, 11) is -3.59. The third kappa shape index (κ3) is 3.29. The lowest BCUT2D eigenvalue weighted by Gasteiger charge is -2.36. The SMILES string of the molecule is CC(C)(O)CN1CCN(S(=O)(=O)c2cn[nH]c2N)CC1. The van der Waals surface area contributed by atoms with E-state index in [1.165, 1.54) is 10.5 Å². The van der Waals surface area contributed by atoms with Crippen molar-refractivity contribution in [3.05, 3.63) is 6.20 Å². The molecule has 1 aromatic heterocycles. The lowest BCUT2D eigenvalue weighted by atomic mass is 10.1. The molecule has 0 bridgehead atoms. The Kier molecular flexibility index (Phi) is 4.05. The van der Waals surface area contributed by atoms with E-state index in [1.807, 2.05) is 4.90 Å². The van der Waals surface area contributed by atoms with Gasteiger partial charge < -0.3 is 10.8 Å². The van der Waals surface area contributed by atoms with Crippen LogP contribution in [-0.4, -0.2) is 71.3 Å². The van der Waals surface area contributed by atoms with Gasteiger partial charge in [-0.05, 0) is 13.8 Å². The van der Waals surface area contributed by atoms with Gasteiger partial charge in [0.1, 0.15) is 10.7 Å². The Bertz CT molecular complexity index is 555. The molecule has 0 radical (unpaired) electrons. The number of piperazine rings is 1. The van der Waals surface area contributed by atoms with E-state index in [-0.39, 0.29) is 10.7 Å². The average molecular weight is 303 g/mol. The van der Waals surface area contributed by atoms with E-state index in [0.29, 0.717) is 32.7 Å². The minimum absolute atomic E-state index is 0.0217. The molecule has 1 aliphatic heterocycles. The van der Waals surface area contributed by atoms with Crippen molar-refractivity contribution in [2.24, 2.45) is 0 Å². The fourth-order valence-corrected chi connectivity index (χ4v) is 3.74. The molecular formula is C11H21N5O3S. The smallest absolute Gasteiger partial charge is 0.248 e. The second-order valence-electron chi connectivity index (χ2n) is 5.64. The first-order valence-corrected chi connectivity index (χ1v) is 7.88. The van der Waals surface area contributed by atoms with E-state index in [4.69, 9.17) is 5.73 Å². The fourth-order valence-electron chi connectivity index (χ4n) is 2.30. The third-order valence-corrected chi connectivity index (χ3v) is 5.12. The number of nitrogens with one attached hydrogen (secondary N) is 1. The van der Waals surface area contributed by atoms with Crippen LogP contribution >= 0.6 is 0 Å². The number of aromatic amines is 1. The second-order valence-corrected chi connectivity index (χ2v) is 7.55. The molecule has 0 unspecified atom stereocenters. The third-order valence-electron chi connectivity index (χ3n) is 3.19. The summed E-state index contributed by atoms with van der Waals surface area (Å²) in [5.41, 5.74) is 4.79. The van der Waals surface area contributed by atoms with Crippen LogP contribution in [0.5, 0.6) is 0 Å². The van der Waals surface area contributed by atoms with Crippen molar-refractivity contribution in [1.29, 1.82) is 0 Å². The zero-order valence-corrected chi connectivity index (χ0v) is 12.5. The number of aromatic nitrogens is 2. The summed E-state index contributed by atoms with van der Waals surface area (Å²) >= 11 is 0. The van der Waals surface area contributed by atoms with E-state index in [2.05, 4.69) is 10.2 Å². The summed E-state index contributed by atoms with van der Waals surface area (Å²) < 4.78 is 26.2. The number of aliphatic hydroxyl groups is 1. The van der Waals surface area contributed by atoms with Crippen LogP contribution in [0.1, 0.15) is 13.8 Å². The van der Waals surface area contributed by atoms with Crippen LogP contribution in [0.25, 0.3) is 0 Å². The summed E-state index contributed by atoms with van der Waals surface area (Å²) in [6.45, 7) is 5.92. The summed E-state index contributed by atoms with van der Waals surface area (Å²) in [5.74, 6) is 0.0592. The number of nitrogens with two attached hydrogens (primary N) is 1. The zero-order valence-electron chi connectivity index (χ0n) is 11.7. The van der Waals surface area contributed by atoms with E-state index in [0.717, 1.165) is 0 Å². The van der Waals surface area contributed by atoms with Gasteiger partial charge in [0.15, 0.2) is 0 Å². The van der Waals surface area contributed by atoms with Gasteiger partial charge in [0.2, 0.25) is 10.0 Å². The molecule has 1 saturated heterocycles. The molecule has 2 heterocycles. The molecule has 0 saturated carbocycles. The molecule has 1 fully saturated rings. The van der Waals surface area contributed by atoms with Gasteiger partial charge in [-0.15, -0.1) is 0 Å². The number of hydrogen-bond acceptors (Lipinski definition) is 6. The molecule has 2 rings (SSSR count). The molecule has 0 aliphatic carbocycles. The molecule has 114 valence electrons. The van der Waals surface area contributed by atoms with Crippen LogP contribution in [0, 0.1) is 0 Å². The summed E-state index contributed by atoms with van der Waals surface area (Å²) in [6, 6.07) is 0. The molecule has 0 aromatic carbocycles. The van der Waals surface area contributed by atoms with Crippen molar-refractivity contribution in [3.8, 4) is 0 Å². The summed E-state index contributed by atoms with van der Waals surface area (Å²) in [5, 5.41) is 15.9. The van der Waals surface area contributed by atoms with Crippen LogP contribution in [0.15, 0.2) is 11.1 Å². The number of β-amino-alcohol motifs (C(OH)–C–C–N with tert-alkyl or cyclic N) is 1. The average Bonchev–Trinajstić information content (AvgIpc) is 2.74. The van der Waals surface area contributed by atoms with Gasteiger partial charge in [-0.25, -0.2) is 8.42 Å². The summed E-state index contributed by atoms with van der Waals surface area (Å²) in [4.78, 5) is 2.07. The van der Waals surface area contributed by atoms with Gasteiger partial charge >= 0.3 is 0 Å². The lowest BCUT2D eigenvalue weighted by molar-refractivity contribution is 0.0263. The number of nitrogens with zero attached hydrogens (tertiary/aromatic N) is 3. The molecule has 0 spiro atoms. The minimum atomic E-state index is -3.59. The second kappa shape index (κ2) is 5.32. The summed E-state index contributed by atoms with van der Waals surface area (Å²) in [6.07, 6.45) is 1.23. The van der Waals surface area contributed by atoms with E-state index >= 15 is 0 Å². The van der Waals surface area contributed by atoms with Gasteiger partial charge in [0.05, 0.1) is 11.8 Å². The Morgan fingerprint density at radius 3 is 2.45 bits per heavy atom. The van der Waals surface area contributed by atoms with Gasteiger partial charge in [-0.2, -0.15) is 9.40 Å². The Morgan fingerprint density at radius 1 is 1.40 bits per heavy atom. The normalized spacial score (nSPS) is 19.4. The first-order chi connectivity index (χ1) is 9.20. The quantitative estimate of drug-likeness (QED) is 0.662. The number of nitrogen functional groups attached to an aromatic ring is 1. The highest BCUT2D eigenvalue weighted by molar-refractivity contribution is 7.89. The topological polar surface area (TPSA) is 116 Å². The lowest BCUT2D eigenvalue weighted by Crippen LogP contribution is -2.51. The van der Waals surface area contributed by atoms with Gasteiger partial charge in [-0.3, -0.25) is 10.00 Å². The van der Waals surface area contributed by atoms with Gasteiger partial charge in [-0.1, -0.05) is 0 Å². The monoisotopic (exact) mass is 303 g/mol. The minimum Gasteiger partial charge on any atom is -0.389 e. The molecule has 4 N–H and O–H groups in total. The van der Waals surface area contributed by atoms with Crippen LogP contribution in [0.3, 0.4) is 0 Å². The highest BCUT2D eigenvalue weighted by atomic mass is 32.2. The maximum atomic E-state index is 12.4. The molecular weight excluding hydrogens is 282 g/mol. The van der Waals surface area contributed by atoms with Crippen LogP contribution in [0.4, 0.5) is 5.82 Å². The maximum Gasteiger partial charge on any atom is 0.248 e. The number of anilines is 1. The largest absolute Gasteiger partial charge is 0.389 e. The van der Waals surface area contributed by atoms with Crippen molar-refractivity contribution in [2.45, 2.75) is 24.3 Å². The maximum absolute atomic E-state index is 12.4. The Hall–Kier alpha value is -1.16. The Balaban J connectivity index is 2.02. The molecule has 20 heavy (non-hydrogen) atoms. The predicted molar refractivity (Wildman–Crippen MR) is 74.5 cm³/mol. The number of sulfonamides is 1. The van der Waals surface area contributed by atoms with Gasteiger partial charge in [0, 0.05) is 32.7 Å². The molecule has 8 nitrogen and oxygen atoms in total. The number of H-pyrrole nitrogens is 1. The van der Waals surface area contributed by atoms with E-state index < -0.39 is 15.6 Å². The van der Waals surface area contributed by atoms with Crippen LogP contribution < -0.4 is 5.73 Å². The highest BCUT2D eigenvalue weighted by Crippen LogP contribution is 2.21. The fraction of sp³-hybridized carbons (Fsp3) is 0.727. The van der Waals surface area contributed by atoms with Crippen LogP contribution in [0.2, 0.25) is 0 Å².